The Morgan fingerprint density at radius 1 is 1.40 bits per heavy atom. The van der Waals surface area contributed by atoms with Crippen LogP contribution in [0.4, 0.5) is 4.79 Å². The van der Waals surface area contributed by atoms with Crippen LogP contribution in [0.25, 0.3) is 0 Å². The van der Waals surface area contributed by atoms with Gasteiger partial charge in [0.15, 0.2) is 0 Å². The van der Waals surface area contributed by atoms with Gasteiger partial charge in [-0.3, -0.25) is 0 Å². The number of rotatable bonds is 2. The summed E-state index contributed by atoms with van der Waals surface area (Å²) in [7, 11) is 0. The number of carbonyl (C=O) groups excluding carboxylic acids is 1. The second-order valence-electron chi connectivity index (χ2n) is 4.84. The normalized spacial score (nSPS) is 34.2. The summed E-state index contributed by atoms with van der Waals surface area (Å²) in [6.45, 7) is 7.13. The van der Waals surface area contributed by atoms with Crippen molar-refractivity contribution in [1.82, 2.24) is 10.2 Å². The van der Waals surface area contributed by atoms with Crippen molar-refractivity contribution in [2.45, 2.75) is 38.8 Å². The predicted octanol–water partition coefficient (Wildman–Crippen LogP) is 1.22. The van der Waals surface area contributed by atoms with E-state index in [-0.39, 0.29) is 12.2 Å². The molecular formula is C11H20N2O2. The second kappa shape index (κ2) is 4.39. The van der Waals surface area contributed by atoms with Gasteiger partial charge in [0.1, 0.15) is 0 Å². The number of alkyl carbamates (subject to hydrolysis) is 1. The van der Waals surface area contributed by atoms with Crippen LogP contribution in [0.15, 0.2) is 0 Å². The van der Waals surface area contributed by atoms with Crippen LogP contribution in [0.2, 0.25) is 0 Å². The Labute approximate surface area is 91.0 Å². The number of nitrogens with zero attached hydrogens (tertiary/aromatic N) is 1. The van der Waals surface area contributed by atoms with Gasteiger partial charge in [0, 0.05) is 12.6 Å². The Morgan fingerprint density at radius 3 is 2.53 bits per heavy atom. The van der Waals surface area contributed by atoms with Gasteiger partial charge in [-0.1, -0.05) is 0 Å². The lowest BCUT2D eigenvalue weighted by atomic mass is 9.84. The summed E-state index contributed by atoms with van der Waals surface area (Å²) >= 11 is 0. The van der Waals surface area contributed by atoms with Gasteiger partial charge < -0.3 is 15.0 Å². The average molecular weight is 212 g/mol. The molecule has 3 heterocycles. The molecule has 0 aromatic rings. The first kappa shape index (κ1) is 10.7. The van der Waals surface area contributed by atoms with Crippen molar-refractivity contribution in [3.8, 4) is 0 Å². The molecule has 4 nitrogen and oxygen atoms in total. The summed E-state index contributed by atoms with van der Waals surface area (Å²) in [5, 5.41) is 2.98. The zero-order valence-electron chi connectivity index (χ0n) is 9.53. The average Bonchev–Trinajstić information content (AvgIpc) is 2.17. The monoisotopic (exact) mass is 212 g/mol. The Bertz CT molecular complexity index is 235. The maximum Gasteiger partial charge on any atom is 0.407 e. The summed E-state index contributed by atoms with van der Waals surface area (Å²) in [5.41, 5.74) is 0. The molecule has 1 N–H and O–H groups in total. The van der Waals surface area contributed by atoms with Crippen molar-refractivity contribution in [2.24, 2.45) is 5.92 Å². The van der Waals surface area contributed by atoms with E-state index >= 15 is 0 Å². The number of carbonyl (C=O) groups is 1. The van der Waals surface area contributed by atoms with Gasteiger partial charge in [-0.15, -0.1) is 0 Å². The van der Waals surface area contributed by atoms with E-state index in [9.17, 15) is 4.79 Å². The molecule has 0 aromatic carbocycles. The Morgan fingerprint density at radius 2 is 2.07 bits per heavy atom. The molecule has 0 spiro atoms. The molecule has 3 aliphatic rings. The second-order valence-corrected chi connectivity index (χ2v) is 4.84. The first-order chi connectivity index (χ1) is 7.15. The van der Waals surface area contributed by atoms with E-state index in [1.165, 1.54) is 25.9 Å². The highest BCUT2D eigenvalue weighted by Gasteiger charge is 2.35. The topological polar surface area (TPSA) is 41.6 Å². The highest BCUT2D eigenvalue weighted by Crippen LogP contribution is 2.27. The SMILES string of the molecule is CC(C)OC(=O)NC1CN2CCC1CC2. The molecular weight excluding hydrogens is 192 g/mol. The number of nitrogens with one attached hydrogen (secondary N) is 1. The van der Waals surface area contributed by atoms with E-state index in [4.69, 9.17) is 4.74 Å². The zero-order valence-corrected chi connectivity index (χ0v) is 9.53. The van der Waals surface area contributed by atoms with E-state index in [0.29, 0.717) is 12.0 Å². The summed E-state index contributed by atoms with van der Waals surface area (Å²) < 4.78 is 5.09. The largest absolute Gasteiger partial charge is 0.447 e. The van der Waals surface area contributed by atoms with Gasteiger partial charge in [0.25, 0.3) is 0 Å². The Hall–Kier alpha value is -0.770. The fraction of sp³-hybridized carbons (Fsp3) is 0.909. The molecule has 3 fully saturated rings. The maximum atomic E-state index is 11.4. The molecule has 0 aliphatic carbocycles. The predicted molar refractivity (Wildman–Crippen MR) is 57.7 cm³/mol. The number of piperidine rings is 3. The standard InChI is InChI=1S/C11H20N2O2/c1-8(2)15-11(14)12-10-7-13-5-3-9(10)4-6-13/h8-10H,3-7H2,1-2H3,(H,12,14). The minimum atomic E-state index is -0.260. The molecule has 1 unspecified atom stereocenters. The molecule has 1 amide bonds. The number of fused-ring (bicyclic) bond motifs is 3. The van der Waals surface area contributed by atoms with E-state index in [0.717, 1.165) is 6.54 Å². The fourth-order valence-electron chi connectivity index (χ4n) is 2.53. The highest BCUT2D eigenvalue weighted by molar-refractivity contribution is 5.67. The number of hydrogen-bond acceptors (Lipinski definition) is 3. The van der Waals surface area contributed by atoms with Crippen LogP contribution in [0.3, 0.4) is 0 Å². The van der Waals surface area contributed by atoms with E-state index in [1.54, 1.807) is 0 Å². The molecule has 3 aliphatic heterocycles. The number of amides is 1. The molecule has 86 valence electrons. The number of ether oxygens (including phenoxy) is 1. The molecule has 0 aromatic heterocycles. The van der Waals surface area contributed by atoms with Crippen molar-refractivity contribution in [3.05, 3.63) is 0 Å². The van der Waals surface area contributed by atoms with Crippen molar-refractivity contribution < 1.29 is 9.53 Å². The van der Waals surface area contributed by atoms with Crippen LogP contribution >= 0.6 is 0 Å². The third-order valence-corrected chi connectivity index (χ3v) is 3.30. The molecule has 1 atom stereocenters. The lowest BCUT2D eigenvalue weighted by Crippen LogP contribution is -2.57. The van der Waals surface area contributed by atoms with Crippen molar-refractivity contribution >= 4 is 6.09 Å². The van der Waals surface area contributed by atoms with Crippen LogP contribution in [0.5, 0.6) is 0 Å². The molecule has 15 heavy (non-hydrogen) atoms. The van der Waals surface area contributed by atoms with Gasteiger partial charge in [0.05, 0.1) is 6.10 Å². The molecule has 4 heteroatoms. The summed E-state index contributed by atoms with van der Waals surface area (Å²) in [4.78, 5) is 13.9. The third-order valence-electron chi connectivity index (χ3n) is 3.30. The minimum Gasteiger partial charge on any atom is -0.447 e. The van der Waals surface area contributed by atoms with Gasteiger partial charge in [-0.05, 0) is 45.7 Å². The molecule has 3 saturated heterocycles. The molecule has 2 bridgehead atoms. The Kier molecular flexibility index (Phi) is 3.14. The fourth-order valence-corrected chi connectivity index (χ4v) is 2.53. The van der Waals surface area contributed by atoms with Gasteiger partial charge in [-0.25, -0.2) is 4.79 Å². The lowest BCUT2D eigenvalue weighted by Gasteiger charge is -2.44. The van der Waals surface area contributed by atoms with Gasteiger partial charge >= 0.3 is 6.09 Å². The molecule has 0 saturated carbocycles. The van der Waals surface area contributed by atoms with E-state index in [2.05, 4.69) is 10.2 Å². The number of hydrogen-bond donors (Lipinski definition) is 1. The highest BCUT2D eigenvalue weighted by atomic mass is 16.6. The summed E-state index contributed by atoms with van der Waals surface area (Å²) in [6.07, 6.45) is 2.13. The van der Waals surface area contributed by atoms with E-state index < -0.39 is 0 Å². The quantitative estimate of drug-likeness (QED) is 0.748. The van der Waals surface area contributed by atoms with Crippen LogP contribution in [0.1, 0.15) is 26.7 Å². The van der Waals surface area contributed by atoms with Gasteiger partial charge in [-0.2, -0.15) is 0 Å². The molecule has 3 rings (SSSR count). The Balaban J connectivity index is 1.82. The van der Waals surface area contributed by atoms with Crippen LogP contribution in [-0.2, 0) is 4.74 Å². The summed E-state index contributed by atoms with van der Waals surface area (Å²) in [5.74, 6) is 0.662. The lowest BCUT2D eigenvalue weighted by molar-refractivity contribution is 0.0592. The minimum absolute atomic E-state index is 0.0360. The van der Waals surface area contributed by atoms with Crippen molar-refractivity contribution in [3.63, 3.8) is 0 Å². The van der Waals surface area contributed by atoms with Crippen molar-refractivity contribution in [1.29, 1.82) is 0 Å². The first-order valence-electron chi connectivity index (χ1n) is 5.84. The molecule has 0 radical (unpaired) electrons. The van der Waals surface area contributed by atoms with Gasteiger partial charge in [0.2, 0.25) is 0 Å². The van der Waals surface area contributed by atoms with Crippen molar-refractivity contribution in [2.75, 3.05) is 19.6 Å². The van der Waals surface area contributed by atoms with E-state index in [1.807, 2.05) is 13.8 Å². The smallest absolute Gasteiger partial charge is 0.407 e. The maximum absolute atomic E-state index is 11.4. The van der Waals surface area contributed by atoms with Crippen LogP contribution < -0.4 is 5.32 Å². The van der Waals surface area contributed by atoms with Crippen LogP contribution in [0, 0.1) is 5.92 Å². The third kappa shape index (κ3) is 2.62. The zero-order chi connectivity index (χ0) is 10.8. The van der Waals surface area contributed by atoms with Crippen LogP contribution in [-0.4, -0.2) is 42.8 Å². The first-order valence-corrected chi connectivity index (χ1v) is 5.84. The summed E-state index contributed by atoms with van der Waals surface area (Å²) in [6, 6.07) is 0.304.